The van der Waals surface area contributed by atoms with E-state index in [0.717, 1.165) is 6.92 Å². The Morgan fingerprint density at radius 1 is 0.177 bits per heavy atom. The number of ether oxygens (including phenoxy) is 25. The maximum Gasteiger partial charge on any atom is 0.217 e. The number of aliphatic hydroxyl groups is 40. The minimum Gasteiger partial charge on any atom is -0.394 e. The van der Waals surface area contributed by atoms with Crippen molar-refractivity contribution >= 4 is 5.91 Å². The van der Waals surface area contributed by atoms with Gasteiger partial charge in [-0.1, -0.05) is 0 Å². The zero-order valence-electron chi connectivity index (χ0n) is 77.2. The third-order valence-corrected chi connectivity index (χ3v) is 27.6. The van der Waals surface area contributed by atoms with Gasteiger partial charge in [-0.25, -0.2) is 0 Å². The summed E-state index contributed by atoms with van der Waals surface area (Å²) in [4.78, 5) is 12.6. The van der Waals surface area contributed by atoms with Crippen LogP contribution in [-0.2, 0) is 123 Å². The van der Waals surface area contributed by atoms with E-state index in [-0.39, 0.29) is 0 Å². The average Bonchev–Trinajstić information content (AvgIpc) is 0.754. The molecule has 67 heteroatoms. The van der Waals surface area contributed by atoms with Gasteiger partial charge < -0.3 is 328 Å². The van der Waals surface area contributed by atoms with E-state index in [0.29, 0.717) is 0 Å². The molecule has 13 saturated heterocycles. The number of rotatable bonds is 38. The van der Waals surface area contributed by atoms with Crippen molar-refractivity contribution in [1.82, 2.24) is 5.32 Å². The summed E-state index contributed by atoms with van der Waals surface area (Å²) in [5.41, 5.74) is 0. The van der Waals surface area contributed by atoms with Gasteiger partial charge in [0.2, 0.25) is 5.91 Å². The second kappa shape index (κ2) is 52.6. The fourth-order valence-electron chi connectivity index (χ4n) is 18.9. The van der Waals surface area contributed by atoms with Crippen molar-refractivity contribution in [3.8, 4) is 0 Å². The molecule has 856 valence electrons. The fraction of sp³-hybridized carbons (Fsp3) is 0.988. The highest BCUT2D eigenvalue weighted by molar-refractivity contribution is 5.73. The van der Waals surface area contributed by atoms with Crippen LogP contribution in [0.25, 0.3) is 0 Å². The predicted molar refractivity (Wildman–Crippen MR) is 439 cm³/mol. The average molecular weight is 2170 g/mol. The van der Waals surface area contributed by atoms with Gasteiger partial charge in [-0.2, -0.15) is 0 Å². The molecular formula is C80H135NO66. The lowest BCUT2D eigenvalue weighted by atomic mass is 9.94. The lowest BCUT2D eigenvalue weighted by Gasteiger charge is -2.51. The van der Waals surface area contributed by atoms with Crippen LogP contribution in [0.5, 0.6) is 0 Å². The molecule has 0 aromatic heterocycles. The van der Waals surface area contributed by atoms with Crippen molar-refractivity contribution in [2.45, 2.75) is 406 Å². The molecular weight excluding hydrogens is 2030 g/mol. The van der Waals surface area contributed by atoms with Crippen molar-refractivity contribution in [3.05, 3.63) is 0 Å². The number of hydrogen-bond donors (Lipinski definition) is 41. The second-order valence-electron chi connectivity index (χ2n) is 37.3. The highest BCUT2D eigenvalue weighted by atomic mass is 16.8. The molecule has 0 aromatic rings. The van der Waals surface area contributed by atoms with E-state index in [2.05, 4.69) is 5.32 Å². The van der Waals surface area contributed by atoms with E-state index in [9.17, 15) is 209 Å². The first-order valence-corrected chi connectivity index (χ1v) is 46.7. The molecule has 147 heavy (non-hydrogen) atoms. The van der Waals surface area contributed by atoms with Gasteiger partial charge in [0.15, 0.2) is 81.8 Å². The molecule has 0 spiro atoms. The SMILES string of the molecule is CC(=O)N[C@@H]1[C@@H](O)[C@H](O[C@@H]2O[C@H](CO[C@H]3O[C@H](CO[C@H]4O[C@H](CO)[C@@H](O)[C@H](O)[C@@H]4O[C@H]4O[C@H](CO)[C@@H](O)[C@H](O[C@H]5O[C@H](CO)[C@@H](O)[C@H](O)[C@@H]5O)[C@@H]4O)[C@@H](O)[C@H](O[C@H]4O[C@H](CO)[C@@H](O)[C@H](O)[C@@H]4O)[C@@H]3O)[C@@H](O)[C@H](O[C@H]3O[C@H](CO[C@H]4O[C@H](CO)[C@@H](O)[C@H](O)[C@@H]4O[C@H]4O[C@H](CO)[C@@H](O)[C@H](O)[C@@H]4O)[C@@H](O)[C@H](O)[C@@H]3O[C@H]3O[C@H](CO)[C@@H](O)[C@H](O)[C@@H]3O[C@H]3O[C@H](CO)[C@@H](O)[C@H](O[C@H]4O[C@H](CO)[C@@H](O)[C@H](O)[C@@H]4O)[C@@H]3O)[C@@H]2O)[C@@H](CO)O[C@H]1O. The standard InChI is InChI=1S/C80H135NO66/c1-15(92)81-29-42(105)59(25(11-91)126-68(29)122)139-76-58(121)63(41(104)28(137-76)13-123-69-55(118)62(142-72-53(116)45(108)32(95)18(4-84)129-72)40(103)27(136-69)14-125-78-65(48(111)35(98)21(7-87)134-78)145-74-56(119)60(38(101)23(9-89)131-74)140-70-51(114)43(106)30(93)16(2-82)127-70)143-80-67(50(113)37(100)26(138-80)12-124-77-64(47(110)34(97)20(6-86)133-77)144-73-54(117)46(109)33(96)19(5-85)130-73)147-79-66(49(112)36(99)22(8-88)135-79)146-75-57(120)61(39(102)24(10-90)132-75)141-71-52(115)44(107)31(94)17(3-83)128-71/h16-80,82-91,93-122H,2-14H2,1H3,(H,81,92)/t16-,17-,18-,19-,20-,21-,22-,23-,24-,25-,26-,27-,28-,29-,30-,31-,32-,33-,34-,35-,36-,37-,38-,39-,40-,41-,42-,43+,44+,45+,46+,47+,48+,49+,50+,51+,52+,53+,54+,55+,56+,57+,58+,59-,60+,61+,62+,63+,64+,65+,66+,67+,68-,69+,70-,71-,72-,73-,74-,75-,76+,77+,78+,79-,80-/m1/s1. The molecule has 0 bridgehead atoms. The third kappa shape index (κ3) is 25.7. The summed E-state index contributed by atoms with van der Waals surface area (Å²) < 4.78 is 147. The maximum absolute atomic E-state index is 13.1. The van der Waals surface area contributed by atoms with Crippen molar-refractivity contribution < 1.29 is 327 Å². The Morgan fingerprint density at radius 3 is 0.653 bits per heavy atom. The van der Waals surface area contributed by atoms with Gasteiger partial charge >= 0.3 is 0 Å². The van der Waals surface area contributed by atoms with E-state index in [1.54, 1.807) is 0 Å². The second-order valence-corrected chi connectivity index (χ2v) is 37.3. The van der Waals surface area contributed by atoms with E-state index in [4.69, 9.17) is 118 Å². The monoisotopic (exact) mass is 2170 g/mol. The Balaban J connectivity index is 0.852. The minimum absolute atomic E-state index is 0.908. The summed E-state index contributed by atoms with van der Waals surface area (Å²) >= 11 is 0. The van der Waals surface area contributed by atoms with Crippen LogP contribution < -0.4 is 5.32 Å². The molecule has 0 aromatic carbocycles. The van der Waals surface area contributed by atoms with Crippen LogP contribution in [0.3, 0.4) is 0 Å². The number of aliphatic hydroxyl groups excluding tert-OH is 40. The number of carbonyl (C=O) groups excluding carboxylic acids is 1. The molecule has 13 heterocycles. The summed E-state index contributed by atoms with van der Waals surface area (Å²) in [6, 6.07) is -1.94. The lowest BCUT2D eigenvalue weighted by Crippen LogP contribution is -2.69. The third-order valence-electron chi connectivity index (χ3n) is 27.6. The van der Waals surface area contributed by atoms with E-state index in [1.807, 2.05) is 0 Å². The van der Waals surface area contributed by atoms with Gasteiger partial charge in [-0.05, 0) is 0 Å². The Bertz CT molecular complexity index is 3940. The number of carbonyl (C=O) groups is 1. The van der Waals surface area contributed by atoms with Crippen LogP contribution in [0.15, 0.2) is 0 Å². The highest BCUT2D eigenvalue weighted by Gasteiger charge is 2.64. The van der Waals surface area contributed by atoms with E-state index >= 15 is 0 Å². The normalized spacial score (nSPS) is 52.9. The largest absolute Gasteiger partial charge is 0.394 e. The highest BCUT2D eigenvalue weighted by Crippen LogP contribution is 2.43. The topological polar surface area (TPSA) is 1070 Å². The molecule has 0 unspecified atom stereocenters. The number of hydrogen-bond acceptors (Lipinski definition) is 66. The van der Waals surface area contributed by atoms with Gasteiger partial charge in [0.1, 0.15) is 317 Å². The summed E-state index contributed by atoms with van der Waals surface area (Å²) in [5, 5.41) is 451. The van der Waals surface area contributed by atoms with Crippen LogP contribution in [-0.4, -0.2) is 695 Å². The Morgan fingerprint density at radius 2 is 0.361 bits per heavy atom. The Labute approximate surface area is 828 Å². The number of amides is 1. The summed E-state index contributed by atoms with van der Waals surface area (Å²) in [6.07, 6.45) is -146. The molecule has 13 aliphatic heterocycles. The van der Waals surface area contributed by atoms with Crippen LogP contribution in [0.1, 0.15) is 6.92 Å². The summed E-state index contributed by atoms with van der Waals surface area (Å²) in [5.74, 6) is -0.961. The summed E-state index contributed by atoms with van der Waals surface area (Å²) in [7, 11) is 0. The summed E-state index contributed by atoms with van der Waals surface area (Å²) in [6.45, 7) is -14.7. The Kier molecular flexibility index (Phi) is 43.2. The van der Waals surface area contributed by atoms with Gasteiger partial charge in [-0.3, -0.25) is 4.79 Å². The molecule has 13 fully saturated rings. The van der Waals surface area contributed by atoms with Gasteiger partial charge in [0.05, 0.1) is 85.9 Å². The first-order chi connectivity index (χ1) is 69.7. The molecule has 13 aliphatic rings. The van der Waals surface area contributed by atoms with Gasteiger partial charge in [-0.15, -0.1) is 0 Å². The first-order valence-electron chi connectivity index (χ1n) is 46.7. The fourth-order valence-corrected chi connectivity index (χ4v) is 18.9. The van der Waals surface area contributed by atoms with Gasteiger partial charge in [0, 0.05) is 6.92 Å². The van der Waals surface area contributed by atoms with Crippen LogP contribution in [0, 0.1) is 0 Å². The maximum atomic E-state index is 13.1. The molecule has 13 rings (SSSR count). The molecule has 65 atom stereocenters. The zero-order chi connectivity index (χ0) is 108. The number of nitrogens with one attached hydrogen (secondary N) is 1. The lowest BCUT2D eigenvalue weighted by molar-refractivity contribution is -0.413. The molecule has 0 aliphatic carbocycles. The van der Waals surface area contributed by atoms with Crippen molar-refractivity contribution in [3.63, 3.8) is 0 Å². The van der Waals surface area contributed by atoms with E-state index in [1.165, 1.54) is 0 Å². The van der Waals surface area contributed by atoms with Crippen LogP contribution in [0.2, 0.25) is 0 Å². The van der Waals surface area contributed by atoms with Crippen molar-refractivity contribution in [2.75, 3.05) is 85.9 Å². The zero-order valence-corrected chi connectivity index (χ0v) is 77.2. The smallest absolute Gasteiger partial charge is 0.217 e. The van der Waals surface area contributed by atoms with Crippen LogP contribution >= 0.6 is 0 Å². The van der Waals surface area contributed by atoms with Crippen molar-refractivity contribution in [2.24, 2.45) is 0 Å². The molecule has 0 radical (unpaired) electrons. The van der Waals surface area contributed by atoms with Gasteiger partial charge in [0.25, 0.3) is 0 Å². The predicted octanol–water partition coefficient (Wildman–Crippen LogP) is -29.2. The first kappa shape index (κ1) is 121. The molecule has 1 amide bonds. The molecule has 67 nitrogen and oxygen atoms in total. The molecule has 0 saturated carbocycles. The van der Waals surface area contributed by atoms with Crippen LogP contribution in [0.4, 0.5) is 0 Å². The quantitative estimate of drug-likeness (QED) is 0.0273. The minimum atomic E-state index is -2.81. The van der Waals surface area contributed by atoms with E-state index < -0.39 is 491 Å². The Hall–Kier alpha value is -3.13. The molecule has 41 N–H and O–H groups in total. The van der Waals surface area contributed by atoms with Crippen molar-refractivity contribution in [1.29, 1.82) is 0 Å².